The molecule has 4 fully saturated rings. The molecule has 2 nitrogen and oxygen atoms in total. The van der Waals surface area contributed by atoms with Gasteiger partial charge >= 0.3 is 0 Å². The third kappa shape index (κ3) is 2.66. The van der Waals surface area contributed by atoms with E-state index in [2.05, 4.69) is 54.5 Å². The van der Waals surface area contributed by atoms with Gasteiger partial charge < -0.3 is 10.2 Å². The summed E-state index contributed by atoms with van der Waals surface area (Å²) in [6.45, 7) is 17.9. The first kappa shape index (κ1) is 23.4. The van der Waals surface area contributed by atoms with E-state index in [1.165, 1.54) is 51.4 Å². The molecule has 0 aliphatic heterocycles. The second-order valence-corrected chi connectivity index (χ2v) is 14.5. The molecule has 2 N–H and O–H groups in total. The van der Waals surface area contributed by atoms with Crippen molar-refractivity contribution in [1.29, 1.82) is 0 Å². The van der Waals surface area contributed by atoms with Gasteiger partial charge in [0.25, 0.3) is 0 Å². The van der Waals surface area contributed by atoms with Crippen LogP contribution in [-0.4, -0.2) is 22.9 Å². The van der Waals surface area contributed by atoms with Gasteiger partial charge in [0.05, 0.1) is 6.10 Å². The van der Waals surface area contributed by atoms with Crippen LogP contribution in [0.5, 0.6) is 0 Å². The molecule has 0 amide bonds. The predicted molar refractivity (Wildman–Crippen MR) is 132 cm³/mol. The zero-order valence-electron chi connectivity index (χ0n) is 22.0. The summed E-state index contributed by atoms with van der Waals surface area (Å²) >= 11 is 0. The molecule has 182 valence electrons. The van der Waals surface area contributed by atoms with E-state index in [1.807, 2.05) is 0 Å². The van der Waals surface area contributed by atoms with E-state index in [0.717, 1.165) is 12.3 Å². The molecule has 0 aromatic heterocycles. The Kier molecular flexibility index (Phi) is 5.19. The van der Waals surface area contributed by atoms with Crippen LogP contribution in [0.2, 0.25) is 0 Å². The van der Waals surface area contributed by atoms with Gasteiger partial charge in [-0.15, -0.1) is 0 Å². The first-order chi connectivity index (χ1) is 14.9. The van der Waals surface area contributed by atoms with Gasteiger partial charge in [-0.05, 0) is 109 Å². The smallest absolute Gasteiger partial charge is 0.0594 e. The minimum atomic E-state index is -0.153. The van der Waals surface area contributed by atoms with E-state index in [-0.39, 0.29) is 22.3 Å². The summed E-state index contributed by atoms with van der Waals surface area (Å²) in [4.78, 5) is 0. The zero-order chi connectivity index (χ0) is 23.3. The van der Waals surface area contributed by atoms with Gasteiger partial charge in [-0.2, -0.15) is 0 Å². The predicted octanol–water partition coefficient (Wildman–Crippen LogP) is 7.00. The minimum absolute atomic E-state index is 0.0190. The number of aliphatic hydroxyl groups is 2. The minimum Gasteiger partial charge on any atom is -0.396 e. The van der Waals surface area contributed by atoms with E-state index in [0.29, 0.717) is 41.1 Å². The lowest BCUT2D eigenvalue weighted by molar-refractivity contribution is -0.205. The number of hydrogen-bond acceptors (Lipinski definition) is 2. The standard InChI is InChI=1S/C30H50O2/c1-19-10-15-30(18-31)17-16-28(6)21(25(30)20(19)2)8-9-23-27(5)13-12-24(32)26(3,4)22(27)11-14-29(23,28)7/h8,19-20,22-25,31-32H,9-18H2,1-7H3/t19-,20+,22?,23-,24+,25+,27+,28-,29-,30-/m1/s1. The summed E-state index contributed by atoms with van der Waals surface area (Å²) in [5, 5.41) is 21.6. The highest BCUT2D eigenvalue weighted by atomic mass is 16.3. The molecule has 0 spiro atoms. The maximum absolute atomic E-state index is 10.9. The van der Waals surface area contributed by atoms with Crippen molar-refractivity contribution < 1.29 is 10.2 Å². The summed E-state index contributed by atoms with van der Waals surface area (Å²) in [5.74, 6) is 3.29. The summed E-state index contributed by atoms with van der Waals surface area (Å²) < 4.78 is 0. The molecule has 2 heteroatoms. The monoisotopic (exact) mass is 442 g/mol. The van der Waals surface area contributed by atoms with Gasteiger partial charge in [0.1, 0.15) is 0 Å². The normalized spacial score (nSPS) is 56.8. The van der Waals surface area contributed by atoms with Crippen LogP contribution in [0.25, 0.3) is 0 Å². The molecule has 0 aromatic carbocycles. The van der Waals surface area contributed by atoms with Crippen LogP contribution < -0.4 is 0 Å². The summed E-state index contributed by atoms with van der Waals surface area (Å²) in [7, 11) is 0. The van der Waals surface area contributed by atoms with Crippen molar-refractivity contribution in [3.63, 3.8) is 0 Å². The van der Waals surface area contributed by atoms with Crippen molar-refractivity contribution in [3.05, 3.63) is 11.6 Å². The Morgan fingerprint density at radius 3 is 2.28 bits per heavy atom. The van der Waals surface area contributed by atoms with Gasteiger partial charge in [0.2, 0.25) is 0 Å². The molecule has 1 unspecified atom stereocenters. The van der Waals surface area contributed by atoms with Crippen LogP contribution in [0.15, 0.2) is 11.6 Å². The molecule has 32 heavy (non-hydrogen) atoms. The quantitative estimate of drug-likeness (QED) is 0.429. The lowest BCUT2D eigenvalue weighted by atomic mass is 9.33. The Balaban J connectivity index is 1.59. The van der Waals surface area contributed by atoms with E-state index in [1.54, 1.807) is 5.57 Å². The second kappa shape index (κ2) is 7.09. The van der Waals surface area contributed by atoms with Gasteiger partial charge in [0.15, 0.2) is 0 Å². The van der Waals surface area contributed by atoms with E-state index in [4.69, 9.17) is 0 Å². The van der Waals surface area contributed by atoms with E-state index >= 15 is 0 Å². The third-order valence-corrected chi connectivity index (χ3v) is 13.5. The molecular weight excluding hydrogens is 392 g/mol. The maximum Gasteiger partial charge on any atom is 0.0594 e. The summed E-state index contributed by atoms with van der Waals surface area (Å²) in [6, 6.07) is 0. The Bertz CT molecular complexity index is 799. The van der Waals surface area contributed by atoms with Crippen LogP contribution in [-0.2, 0) is 0 Å². The molecule has 0 bridgehead atoms. The highest BCUT2D eigenvalue weighted by molar-refractivity contribution is 5.34. The Hall–Kier alpha value is -0.340. The van der Waals surface area contributed by atoms with Gasteiger partial charge in [-0.3, -0.25) is 0 Å². The van der Waals surface area contributed by atoms with Crippen LogP contribution in [0.1, 0.15) is 106 Å². The number of fused-ring (bicyclic) bond motifs is 7. The van der Waals surface area contributed by atoms with Crippen LogP contribution >= 0.6 is 0 Å². The Morgan fingerprint density at radius 2 is 1.59 bits per heavy atom. The fraction of sp³-hybridized carbons (Fsp3) is 0.933. The van der Waals surface area contributed by atoms with Crippen molar-refractivity contribution in [1.82, 2.24) is 0 Å². The molecule has 0 heterocycles. The van der Waals surface area contributed by atoms with Crippen molar-refractivity contribution in [3.8, 4) is 0 Å². The molecule has 10 atom stereocenters. The molecule has 5 rings (SSSR count). The Morgan fingerprint density at radius 1 is 0.875 bits per heavy atom. The van der Waals surface area contributed by atoms with Crippen molar-refractivity contribution in [2.24, 2.45) is 56.7 Å². The Labute approximate surface area is 197 Å². The highest BCUT2D eigenvalue weighted by Crippen LogP contribution is 2.75. The zero-order valence-corrected chi connectivity index (χ0v) is 22.0. The third-order valence-electron chi connectivity index (χ3n) is 13.5. The number of allylic oxidation sites excluding steroid dienone is 2. The largest absolute Gasteiger partial charge is 0.396 e. The molecule has 4 saturated carbocycles. The summed E-state index contributed by atoms with van der Waals surface area (Å²) in [5.41, 5.74) is 2.77. The van der Waals surface area contributed by atoms with E-state index < -0.39 is 0 Å². The lowest BCUT2D eigenvalue weighted by Crippen LogP contribution is -2.65. The van der Waals surface area contributed by atoms with Gasteiger partial charge in [-0.1, -0.05) is 60.1 Å². The van der Waals surface area contributed by atoms with Crippen molar-refractivity contribution >= 4 is 0 Å². The molecule has 0 aromatic rings. The van der Waals surface area contributed by atoms with Crippen molar-refractivity contribution in [2.45, 2.75) is 112 Å². The SMILES string of the molecule is C[C@H]1[C@H](C)CC[C@]2(CO)CC[C@]3(C)C(=CC[C@@H]4[C@@]5(C)CC[C@H](O)C(C)(C)C5CC[C@]43C)[C@H]12. The molecule has 0 saturated heterocycles. The number of rotatable bonds is 1. The van der Waals surface area contributed by atoms with Crippen molar-refractivity contribution in [2.75, 3.05) is 6.61 Å². The second-order valence-electron chi connectivity index (χ2n) is 14.5. The summed E-state index contributed by atoms with van der Waals surface area (Å²) in [6.07, 6.45) is 13.4. The lowest BCUT2D eigenvalue weighted by Gasteiger charge is -2.71. The number of aliphatic hydroxyl groups excluding tert-OH is 2. The average Bonchev–Trinajstić information content (AvgIpc) is 2.74. The molecule has 5 aliphatic carbocycles. The fourth-order valence-electron chi connectivity index (χ4n) is 10.9. The van der Waals surface area contributed by atoms with Crippen LogP contribution in [0.4, 0.5) is 0 Å². The number of hydrogen-bond donors (Lipinski definition) is 2. The van der Waals surface area contributed by atoms with Crippen LogP contribution in [0.3, 0.4) is 0 Å². The first-order valence-electron chi connectivity index (χ1n) is 13.9. The highest BCUT2D eigenvalue weighted by Gasteiger charge is 2.68. The molecule has 0 radical (unpaired) electrons. The van der Waals surface area contributed by atoms with Gasteiger partial charge in [-0.25, -0.2) is 0 Å². The van der Waals surface area contributed by atoms with E-state index in [9.17, 15) is 10.2 Å². The molecular formula is C30H50O2. The molecule has 5 aliphatic rings. The van der Waals surface area contributed by atoms with Gasteiger partial charge in [0, 0.05) is 12.0 Å². The maximum atomic E-state index is 10.9. The fourth-order valence-corrected chi connectivity index (χ4v) is 10.9. The van der Waals surface area contributed by atoms with Crippen LogP contribution in [0, 0.1) is 56.7 Å². The topological polar surface area (TPSA) is 40.5 Å². The first-order valence-corrected chi connectivity index (χ1v) is 13.9. The average molecular weight is 443 g/mol.